The number of aromatic nitrogens is 2. The van der Waals surface area contributed by atoms with E-state index >= 15 is 0 Å². The molecule has 0 spiro atoms. The van der Waals surface area contributed by atoms with Gasteiger partial charge in [0.05, 0.1) is 0 Å². The van der Waals surface area contributed by atoms with E-state index in [2.05, 4.69) is 51.5 Å². The number of likely N-dealkylation sites (tertiary alicyclic amines) is 1. The molecule has 2 aromatic heterocycles. The first-order valence-corrected chi connectivity index (χ1v) is 9.71. The molecule has 0 unspecified atom stereocenters. The highest BCUT2D eigenvalue weighted by molar-refractivity contribution is 5.86. The third-order valence-electron chi connectivity index (χ3n) is 5.46. The zero-order valence-corrected chi connectivity index (χ0v) is 15.7. The van der Waals surface area contributed by atoms with Crippen LogP contribution in [0.4, 0.5) is 0 Å². The predicted molar refractivity (Wildman–Crippen MR) is 108 cm³/mol. The summed E-state index contributed by atoms with van der Waals surface area (Å²) in [6, 6.07) is 9.99. The van der Waals surface area contributed by atoms with Crippen LogP contribution in [0.3, 0.4) is 0 Å². The highest BCUT2D eigenvalue weighted by Gasteiger charge is 2.29. The Balaban J connectivity index is 1.44. The number of hydrogen-bond donors (Lipinski definition) is 2. The number of fused-ring (bicyclic) bond motifs is 1. The van der Waals surface area contributed by atoms with Crippen molar-refractivity contribution in [1.29, 1.82) is 0 Å². The summed E-state index contributed by atoms with van der Waals surface area (Å²) in [7, 11) is 0. The van der Waals surface area contributed by atoms with Gasteiger partial charge in [0.25, 0.3) is 0 Å². The van der Waals surface area contributed by atoms with Gasteiger partial charge < -0.3 is 10.3 Å². The Bertz CT molecular complexity index is 912. The molecule has 1 atom stereocenters. The van der Waals surface area contributed by atoms with Gasteiger partial charge in [-0.15, -0.1) is 0 Å². The Labute approximate surface area is 159 Å². The number of carbonyl (C=O) groups excluding carboxylic acids is 1. The van der Waals surface area contributed by atoms with Crippen LogP contribution >= 0.6 is 0 Å². The SMILES string of the molecule is Cc1cccc2c(CCNC(=O)[C@H](c3cccnc3)N3CCCC3)c[nH]c12. The molecule has 0 radical (unpaired) electrons. The molecule has 2 N–H and O–H groups in total. The van der Waals surface area contributed by atoms with E-state index in [0.717, 1.165) is 37.9 Å². The molecule has 3 aromatic rings. The highest BCUT2D eigenvalue weighted by Crippen LogP contribution is 2.25. The van der Waals surface area contributed by atoms with Gasteiger partial charge in [0.1, 0.15) is 6.04 Å². The van der Waals surface area contributed by atoms with Crippen LogP contribution in [0.1, 0.15) is 35.6 Å². The second kappa shape index (κ2) is 7.92. The van der Waals surface area contributed by atoms with Crippen LogP contribution in [0.2, 0.25) is 0 Å². The van der Waals surface area contributed by atoms with Crippen molar-refractivity contribution < 1.29 is 4.79 Å². The molecule has 1 fully saturated rings. The van der Waals surface area contributed by atoms with Crippen molar-refractivity contribution in [3.8, 4) is 0 Å². The lowest BCUT2D eigenvalue weighted by atomic mass is 10.1. The van der Waals surface area contributed by atoms with Crippen LogP contribution in [-0.4, -0.2) is 40.4 Å². The lowest BCUT2D eigenvalue weighted by Gasteiger charge is -2.26. The summed E-state index contributed by atoms with van der Waals surface area (Å²) in [6.45, 7) is 4.67. The number of nitrogens with one attached hydrogen (secondary N) is 2. The summed E-state index contributed by atoms with van der Waals surface area (Å²) in [6.07, 6.45) is 8.74. The van der Waals surface area contributed by atoms with Crippen molar-refractivity contribution in [2.75, 3.05) is 19.6 Å². The fourth-order valence-corrected chi connectivity index (χ4v) is 4.05. The molecule has 1 aromatic carbocycles. The monoisotopic (exact) mass is 362 g/mol. The van der Waals surface area contributed by atoms with E-state index in [1.807, 2.05) is 18.3 Å². The molecule has 0 aliphatic carbocycles. The molecule has 0 saturated carbocycles. The normalized spacial score (nSPS) is 15.9. The standard InChI is InChI=1S/C22H26N4O/c1-16-6-4-8-19-17(15-25-20(16)19)9-11-24-22(27)21(26-12-2-3-13-26)18-7-5-10-23-14-18/h4-8,10,14-15,21,25H,2-3,9,11-13H2,1H3,(H,24,27)/t21-/m0/s1. The Morgan fingerprint density at radius 1 is 1.26 bits per heavy atom. The van der Waals surface area contributed by atoms with Crippen molar-refractivity contribution in [2.24, 2.45) is 0 Å². The van der Waals surface area contributed by atoms with Gasteiger partial charge in [-0.1, -0.05) is 24.3 Å². The van der Waals surface area contributed by atoms with E-state index in [1.54, 1.807) is 6.20 Å². The minimum absolute atomic E-state index is 0.0703. The second-order valence-corrected chi connectivity index (χ2v) is 7.28. The summed E-state index contributed by atoms with van der Waals surface area (Å²) in [5, 5.41) is 4.40. The van der Waals surface area contributed by atoms with Gasteiger partial charge in [-0.2, -0.15) is 0 Å². The minimum Gasteiger partial charge on any atom is -0.361 e. The number of hydrogen-bond acceptors (Lipinski definition) is 3. The molecule has 5 heteroatoms. The molecule has 1 aliphatic rings. The van der Waals surface area contributed by atoms with Gasteiger partial charge in [-0.05, 0) is 62.0 Å². The van der Waals surface area contributed by atoms with Gasteiger partial charge in [0, 0.05) is 36.0 Å². The van der Waals surface area contributed by atoms with E-state index < -0.39 is 0 Å². The molecular weight excluding hydrogens is 336 g/mol. The smallest absolute Gasteiger partial charge is 0.242 e. The predicted octanol–water partition coefficient (Wildman–Crippen LogP) is 3.37. The van der Waals surface area contributed by atoms with Gasteiger partial charge in [-0.3, -0.25) is 14.7 Å². The molecule has 140 valence electrons. The van der Waals surface area contributed by atoms with Crippen LogP contribution in [0.5, 0.6) is 0 Å². The zero-order valence-electron chi connectivity index (χ0n) is 15.7. The van der Waals surface area contributed by atoms with Gasteiger partial charge >= 0.3 is 0 Å². The first-order chi connectivity index (χ1) is 13.2. The molecule has 27 heavy (non-hydrogen) atoms. The molecule has 1 saturated heterocycles. The Morgan fingerprint density at radius 2 is 2.11 bits per heavy atom. The van der Waals surface area contributed by atoms with Crippen molar-refractivity contribution in [2.45, 2.75) is 32.2 Å². The maximum atomic E-state index is 13.0. The van der Waals surface area contributed by atoms with E-state index in [4.69, 9.17) is 0 Å². The fourth-order valence-electron chi connectivity index (χ4n) is 4.05. The third kappa shape index (κ3) is 3.74. The van der Waals surface area contributed by atoms with Crippen molar-refractivity contribution in [1.82, 2.24) is 20.2 Å². The average Bonchev–Trinajstić information content (AvgIpc) is 3.34. The molecule has 5 nitrogen and oxygen atoms in total. The Kier molecular flexibility index (Phi) is 5.21. The van der Waals surface area contributed by atoms with Crippen LogP contribution in [0.25, 0.3) is 10.9 Å². The van der Waals surface area contributed by atoms with Crippen molar-refractivity contribution in [3.63, 3.8) is 0 Å². The number of carbonyl (C=O) groups is 1. The van der Waals surface area contributed by atoms with Crippen LogP contribution in [0.15, 0.2) is 48.9 Å². The molecule has 1 aliphatic heterocycles. The van der Waals surface area contributed by atoms with E-state index in [9.17, 15) is 4.79 Å². The van der Waals surface area contributed by atoms with Crippen LogP contribution < -0.4 is 5.32 Å². The maximum absolute atomic E-state index is 13.0. The zero-order chi connectivity index (χ0) is 18.6. The number of para-hydroxylation sites is 1. The molecule has 1 amide bonds. The topological polar surface area (TPSA) is 61.0 Å². The summed E-state index contributed by atoms with van der Waals surface area (Å²) in [4.78, 5) is 22.8. The van der Waals surface area contributed by atoms with Crippen LogP contribution in [0, 0.1) is 6.92 Å². The average molecular weight is 362 g/mol. The fraction of sp³-hybridized carbons (Fsp3) is 0.364. The molecule has 4 rings (SSSR count). The minimum atomic E-state index is -0.244. The maximum Gasteiger partial charge on any atom is 0.242 e. The Morgan fingerprint density at radius 3 is 2.89 bits per heavy atom. The number of H-pyrrole nitrogens is 1. The van der Waals surface area contributed by atoms with Gasteiger partial charge in [-0.25, -0.2) is 0 Å². The molecule has 3 heterocycles. The number of nitrogens with zero attached hydrogens (tertiary/aromatic N) is 2. The number of rotatable bonds is 6. The molecular formula is C22H26N4O. The van der Waals surface area contributed by atoms with E-state index in [1.165, 1.54) is 22.0 Å². The summed E-state index contributed by atoms with van der Waals surface area (Å²) < 4.78 is 0. The molecule has 0 bridgehead atoms. The highest BCUT2D eigenvalue weighted by atomic mass is 16.2. The Hall–Kier alpha value is -2.66. The second-order valence-electron chi connectivity index (χ2n) is 7.28. The van der Waals surface area contributed by atoms with Crippen molar-refractivity contribution >= 4 is 16.8 Å². The number of benzene rings is 1. The third-order valence-corrected chi connectivity index (χ3v) is 5.46. The quantitative estimate of drug-likeness (QED) is 0.707. The number of amides is 1. The number of pyridine rings is 1. The van der Waals surface area contributed by atoms with Gasteiger partial charge in [0.15, 0.2) is 0 Å². The summed E-state index contributed by atoms with van der Waals surface area (Å²) >= 11 is 0. The van der Waals surface area contributed by atoms with E-state index in [-0.39, 0.29) is 11.9 Å². The summed E-state index contributed by atoms with van der Waals surface area (Å²) in [5.41, 5.74) is 4.64. The first-order valence-electron chi connectivity index (χ1n) is 9.71. The lowest BCUT2D eigenvalue weighted by molar-refractivity contribution is -0.126. The lowest BCUT2D eigenvalue weighted by Crippen LogP contribution is -2.40. The number of aryl methyl sites for hydroxylation is 1. The number of aromatic amines is 1. The first kappa shape index (κ1) is 17.7. The summed E-state index contributed by atoms with van der Waals surface area (Å²) in [5.74, 6) is 0.0703. The van der Waals surface area contributed by atoms with Crippen LogP contribution in [-0.2, 0) is 11.2 Å². The largest absolute Gasteiger partial charge is 0.361 e. The van der Waals surface area contributed by atoms with E-state index in [0.29, 0.717) is 6.54 Å². The van der Waals surface area contributed by atoms with Gasteiger partial charge in [0.2, 0.25) is 5.91 Å². The van der Waals surface area contributed by atoms with Crippen molar-refractivity contribution in [3.05, 3.63) is 65.6 Å².